The topological polar surface area (TPSA) is 96.0 Å². The van der Waals surface area contributed by atoms with E-state index in [1.165, 1.54) is 12.6 Å². The van der Waals surface area contributed by atoms with Crippen LogP contribution in [-0.4, -0.2) is 60.3 Å². The lowest BCUT2D eigenvalue weighted by Crippen LogP contribution is -2.42. The number of hydrogen-bond acceptors (Lipinski definition) is 5. The van der Waals surface area contributed by atoms with Crippen molar-refractivity contribution < 1.29 is 23.9 Å². The van der Waals surface area contributed by atoms with E-state index in [-0.39, 0.29) is 18.6 Å². The van der Waals surface area contributed by atoms with Gasteiger partial charge in [-0.25, -0.2) is 9.69 Å². The number of likely N-dealkylation sites (N-methyl/N-ethyl adjacent to an activating group) is 1. The van der Waals surface area contributed by atoms with Gasteiger partial charge in [0.05, 0.1) is 6.54 Å². The first-order chi connectivity index (χ1) is 12.1. The molecule has 1 aromatic rings. The molecule has 1 aromatic carbocycles. The second-order valence-electron chi connectivity index (χ2n) is 7.01. The van der Waals surface area contributed by atoms with Gasteiger partial charge in [-0.3, -0.25) is 19.3 Å². The Hall–Kier alpha value is -2.90. The highest BCUT2D eigenvalue weighted by Gasteiger charge is 2.42. The van der Waals surface area contributed by atoms with Crippen LogP contribution in [0.15, 0.2) is 24.3 Å². The van der Waals surface area contributed by atoms with Gasteiger partial charge in [-0.2, -0.15) is 0 Å². The quantitative estimate of drug-likeness (QED) is 0.461. The van der Waals surface area contributed by atoms with E-state index in [2.05, 4.69) is 26.1 Å². The van der Waals surface area contributed by atoms with Crippen LogP contribution in [0, 0.1) is 0 Å². The van der Waals surface area contributed by atoms with Crippen molar-refractivity contribution in [2.24, 2.45) is 0 Å². The molecular weight excluding hydrogens is 338 g/mol. The third-order valence-electron chi connectivity index (χ3n) is 3.97. The van der Waals surface area contributed by atoms with Gasteiger partial charge in [0.2, 0.25) is 5.91 Å². The molecule has 1 N–H and O–H groups in total. The zero-order valence-electron chi connectivity index (χ0n) is 15.4. The number of carbonyl (C=O) groups excluding carboxylic acids is 4. The van der Waals surface area contributed by atoms with E-state index in [9.17, 15) is 19.2 Å². The minimum Gasteiger partial charge on any atom is -0.492 e. The Bertz CT molecular complexity index is 721. The molecule has 1 saturated heterocycles. The first-order valence-electron chi connectivity index (χ1n) is 8.25. The summed E-state index contributed by atoms with van der Waals surface area (Å²) in [5.41, 5.74) is 1.25. The first kappa shape index (κ1) is 19.4. The molecule has 8 nitrogen and oxygen atoms in total. The highest BCUT2D eigenvalue weighted by Crippen LogP contribution is 2.24. The Balaban J connectivity index is 1.75. The fourth-order valence-corrected chi connectivity index (χ4v) is 2.36. The predicted molar refractivity (Wildman–Crippen MR) is 93.5 cm³/mol. The van der Waals surface area contributed by atoms with Gasteiger partial charge in [-0.1, -0.05) is 32.9 Å². The SMILES string of the molecule is CN1C(=O)C(=O)N(CC(=O)NCCOc2ccc(C(C)(C)C)cc2)C1=O. The van der Waals surface area contributed by atoms with Gasteiger partial charge >= 0.3 is 17.8 Å². The summed E-state index contributed by atoms with van der Waals surface area (Å²) in [5.74, 6) is -1.79. The van der Waals surface area contributed by atoms with E-state index >= 15 is 0 Å². The Morgan fingerprint density at radius 1 is 1.08 bits per heavy atom. The summed E-state index contributed by atoms with van der Waals surface area (Å²) in [4.78, 5) is 47.8. The molecule has 5 amide bonds. The lowest BCUT2D eigenvalue weighted by atomic mass is 9.87. The van der Waals surface area contributed by atoms with Gasteiger partial charge in [0.1, 0.15) is 18.9 Å². The number of hydrogen-bond donors (Lipinski definition) is 1. The van der Waals surface area contributed by atoms with Crippen molar-refractivity contribution in [1.29, 1.82) is 0 Å². The van der Waals surface area contributed by atoms with Crippen molar-refractivity contribution in [2.45, 2.75) is 26.2 Å². The van der Waals surface area contributed by atoms with Crippen molar-refractivity contribution in [1.82, 2.24) is 15.1 Å². The van der Waals surface area contributed by atoms with E-state index in [1.807, 2.05) is 24.3 Å². The average molecular weight is 361 g/mol. The Morgan fingerprint density at radius 2 is 1.69 bits per heavy atom. The van der Waals surface area contributed by atoms with Gasteiger partial charge in [-0.15, -0.1) is 0 Å². The lowest BCUT2D eigenvalue weighted by Gasteiger charge is -2.19. The van der Waals surface area contributed by atoms with Crippen LogP contribution in [0.2, 0.25) is 0 Å². The molecule has 0 radical (unpaired) electrons. The zero-order chi connectivity index (χ0) is 19.5. The molecule has 0 unspecified atom stereocenters. The van der Waals surface area contributed by atoms with Crippen LogP contribution in [0.25, 0.3) is 0 Å². The predicted octanol–water partition coefficient (Wildman–Crippen LogP) is 0.900. The maximum atomic E-state index is 11.8. The Morgan fingerprint density at radius 3 is 2.19 bits per heavy atom. The number of urea groups is 1. The molecule has 0 saturated carbocycles. The molecule has 0 aliphatic carbocycles. The minimum atomic E-state index is -0.997. The second kappa shape index (κ2) is 7.55. The molecule has 1 aliphatic heterocycles. The van der Waals surface area contributed by atoms with Crippen molar-refractivity contribution >= 4 is 23.8 Å². The molecule has 8 heteroatoms. The largest absolute Gasteiger partial charge is 0.492 e. The molecule has 1 fully saturated rings. The molecule has 0 spiro atoms. The highest BCUT2D eigenvalue weighted by atomic mass is 16.5. The third kappa shape index (κ3) is 4.38. The summed E-state index contributed by atoms with van der Waals surface area (Å²) in [6, 6.07) is 6.92. The Labute approximate surface area is 152 Å². The van der Waals surface area contributed by atoms with E-state index in [0.29, 0.717) is 15.5 Å². The van der Waals surface area contributed by atoms with Crippen LogP contribution in [0.5, 0.6) is 5.75 Å². The fourth-order valence-electron chi connectivity index (χ4n) is 2.36. The number of imide groups is 2. The van der Waals surface area contributed by atoms with Crippen molar-refractivity contribution in [3.05, 3.63) is 29.8 Å². The number of benzene rings is 1. The van der Waals surface area contributed by atoms with Gasteiger partial charge < -0.3 is 10.1 Å². The number of ether oxygens (including phenoxy) is 1. The zero-order valence-corrected chi connectivity index (χ0v) is 15.4. The van der Waals surface area contributed by atoms with Gasteiger partial charge in [-0.05, 0) is 23.1 Å². The number of carbonyl (C=O) groups is 4. The normalized spacial score (nSPS) is 14.8. The van der Waals surface area contributed by atoms with Crippen molar-refractivity contribution in [3.8, 4) is 5.75 Å². The van der Waals surface area contributed by atoms with Crippen molar-refractivity contribution in [3.63, 3.8) is 0 Å². The van der Waals surface area contributed by atoms with Crippen LogP contribution in [0.4, 0.5) is 4.79 Å². The molecular formula is C18H23N3O5. The smallest absolute Gasteiger partial charge is 0.334 e. The van der Waals surface area contributed by atoms with Crippen LogP contribution >= 0.6 is 0 Å². The molecule has 140 valence electrons. The van der Waals surface area contributed by atoms with Crippen molar-refractivity contribution in [2.75, 3.05) is 26.7 Å². The molecule has 1 heterocycles. The second-order valence-corrected chi connectivity index (χ2v) is 7.01. The molecule has 1 aliphatic rings. The third-order valence-corrected chi connectivity index (χ3v) is 3.97. The summed E-state index contributed by atoms with van der Waals surface area (Å²) in [5, 5.41) is 2.55. The summed E-state index contributed by atoms with van der Waals surface area (Å²) in [6.07, 6.45) is 0. The van der Waals surface area contributed by atoms with Gasteiger partial charge in [0.15, 0.2) is 0 Å². The maximum absolute atomic E-state index is 11.8. The minimum absolute atomic E-state index is 0.0619. The van der Waals surface area contributed by atoms with Crippen LogP contribution in [-0.2, 0) is 19.8 Å². The average Bonchev–Trinajstić information content (AvgIpc) is 2.76. The van der Waals surface area contributed by atoms with E-state index in [4.69, 9.17) is 4.74 Å². The standard InChI is InChI=1S/C18H23N3O5/c1-18(2,3)12-5-7-13(8-6-12)26-10-9-19-14(22)11-21-16(24)15(23)20(4)17(21)25/h5-8H,9-11H2,1-4H3,(H,19,22). The molecule has 0 bridgehead atoms. The van der Waals surface area contributed by atoms with Crippen LogP contribution in [0.1, 0.15) is 26.3 Å². The summed E-state index contributed by atoms with van der Waals surface area (Å²) < 4.78 is 5.55. The monoisotopic (exact) mass is 361 g/mol. The van der Waals surface area contributed by atoms with Gasteiger partial charge in [0.25, 0.3) is 0 Å². The first-order valence-corrected chi connectivity index (χ1v) is 8.25. The highest BCUT2D eigenvalue weighted by molar-refractivity contribution is 6.44. The summed E-state index contributed by atoms with van der Waals surface area (Å²) >= 11 is 0. The van der Waals surface area contributed by atoms with Crippen LogP contribution in [0.3, 0.4) is 0 Å². The van der Waals surface area contributed by atoms with Crippen LogP contribution < -0.4 is 10.1 Å². The molecule has 0 aromatic heterocycles. The maximum Gasteiger partial charge on any atom is 0.334 e. The lowest BCUT2D eigenvalue weighted by molar-refractivity contribution is -0.143. The number of nitrogens with zero attached hydrogens (tertiary/aromatic N) is 2. The summed E-state index contributed by atoms with van der Waals surface area (Å²) in [6.45, 7) is 6.33. The molecule has 0 atom stereocenters. The number of amides is 5. The van der Waals surface area contributed by atoms with E-state index in [1.54, 1.807) is 0 Å². The van der Waals surface area contributed by atoms with Gasteiger partial charge in [0, 0.05) is 7.05 Å². The fraction of sp³-hybridized carbons (Fsp3) is 0.444. The Kier molecular flexibility index (Phi) is 5.64. The molecule has 2 rings (SSSR count). The van der Waals surface area contributed by atoms with E-state index < -0.39 is 30.3 Å². The molecule has 26 heavy (non-hydrogen) atoms. The number of nitrogens with one attached hydrogen (secondary N) is 1. The number of rotatable bonds is 6. The summed E-state index contributed by atoms with van der Waals surface area (Å²) in [7, 11) is 1.19. The van der Waals surface area contributed by atoms with E-state index in [0.717, 1.165) is 0 Å².